The van der Waals surface area contributed by atoms with Crippen molar-refractivity contribution in [1.29, 1.82) is 0 Å². The Morgan fingerprint density at radius 2 is 1.37 bits per heavy atom. The van der Waals surface area contributed by atoms with Gasteiger partial charge in [-0.05, 0) is 80.0 Å². The molecule has 0 spiro atoms. The van der Waals surface area contributed by atoms with Gasteiger partial charge in [0.1, 0.15) is 12.4 Å². The number of methoxy groups -OCH3 is 1. The number of Topliss-reactive ketones (excluding diaryl/α,β-unsaturated/α-hetero) is 2. The third-order valence-corrected chi connectivity index (χ3v) is 12.9. The van der Waals surface area contributed by atoms with Crippen LogP contribution in [0.15, 0.2) is 59.2 Å². The van der Waals surface area contributed by atoms with Gasteiger partial charge in [-0.25, -0.2) is 4.98 Å². The molecule has 4 unspecified atom stereocenters. The van der Waals surface area contributed by atoms with Crippen LogP contribution in [0.2, 0.25) is 0 Å². The highest BCUT2D eigenvalue weighted by Crippen LogP contribution is 2.36. The normalized spacial score (nSPS) is 18.9. The van der Waals surface area contributed by atoms with Gasteiger partial charge in [0.25, 0.3) is 0 Å². The van der Waals surface area contributed by atoms with E-state index in [1.807, 2.05) is 44.7 Å². The van der Waals surface area contributed by atoms with E-state index in [0.29, 0.717) is 58.9 Å². The first-order valence-electron chi connectivity index (χ1n) is 21.5. The van der Waals surface area contributed by atoms with E-state index in [0.717, 1.165) is 53.2 Å². The number of allylic oxidation sites excluding steroid dienone is 1. The summed E-state index contributed by atoms with van der Waals surface area (Å²) in [7, 11) is 1.33. The summed E-state index contributed by atoms with van der Waals surface area (Å²) in [6.45, 7) is 8.20. The van der Waals surface area contributed by atoms with Gasteiger partial charge in [-0.3, -0.25) is 33.8 Å². The fraction of sp³-hybridized carbons (Fsp3) is 0.447. The molecule has 324 valence electrons. The molecular formula is C47H53N7O8. The van der Waals surface area contributed by atoms with Crippen molar-refractivity contribution in [3.05, 3.63) is 77.0 Å². The van der Waals surface area contributed by atoms with Gasteiger partial charge in [0.05, 0.1) is 54.0 Å². The van der Waals surface area contributed by atoms with Crippen molar-refractivity contribution in [2.45, 2.75) is 84.7 Å². The number of nitrogens with one attached hydrogen (secondary N) is 3. The van der Waals surface area contributed by atoms with Crippen LogP contribution in [-0.4, -0.2) is 109 Å². The van der Waals surface area contributed by atoms with E-state index in [2.05, 4.69) is 19.9 Å². The second-order valence-corrected chi connectivity index (χ2v) is 17.6. The number of nitrogens with zero attached hydrogens (tertiary/aromatic N) is 4. The number of fused-ring (bicyclic) bond motifs is 3. The standard InChI is InChI=1S/C47H53N7O8/c1-24(2)31(19-30(56)23-55)46(60)53-12-6-8-40(53)37-18-29(22-48-37)44(59)39-17-28-14-27-16-38(49-34(27)21-35(28)50-39)43(58)26-10-11-33-36(15-26)52-45(51-33)41-9-7-13-54(41)47(61)32(25(3)4)20-42(57)62-5/h10-11,14-17,21-22,24-25,31-32,40-41,49-50,55H,6-9,12-13,18-20,23H2,1-5H3,(H,51,52). The molecule has 2 amide bonds. The lowest BCUT2D eigenvalue weighted by molar-refractivity contribution is -0.148. The number of aliphatic hydroxyl groups is 1. The molecule has 0 saturated carbocycles. The molecule has 4 atom stereocenters. The Hall–Kier alpha value is -6.22. The van der Waals surface area contributed by atoms with Crippen LogP contribution in [-0.2, 0) is 23.9 Å². The molecule has 15 heteroatoms. The Morgan fingerprint density at radius 3 is 2.00 bits per heavy atom. The highest BCUT2D eigenvalue weighted by Gasteiger charge is 2.40. The number of aliphatic hydroxyl groups excluding tert-OH is 1. The molecule has 6 heterocycles. The molecule has 4 N–H and O–H groups in total. The zero-order valence-electron chi connectivity index (χ0n) is 35.7. The summed E-state index contributed by atoms with van der Waals surface area (Å²) in [5.41, 5.74) is 5.35. The molecule has 0 bridgehead atoms. The molecule has 3 aromatic heterocycles. The number of likely N-dealkylation sites (tertiary alicyclic amines) is 2. The lowest BCUT2D eigenvalue weighted by Crippen LogP contribution is -2.45. The highest BCUT2D eigenvalue weighted by atomic mass is 16.5. The first-order chi connectivity index (χ1) is 29.7. The van der Waals surface area contributed by atoms with Crippen LogP contribution in [0.3, 0.4) is 0 Å². The number of carbonyl (C=O) groups is 6. The van der Waals surface area contributed by atoms with Crippen LogP contribution in [0.4, 0.5) is 0 Å². The van der Waals surface area contributed by atoms with Crippen LogP contribution in [0.5, 0.6) is 0 Å². The first-order valence-corrected chi connectivity index (χ1v) is 21.5. The minimum atomic E-state index is -0.589. The number of imidazole rings is 1. The van der Waals surface area contributed by atoms with Crippen molar-refractivity contribution >= 4 is 73.7 Å². The summed E-state index contributed by atoms with van der Waals surface area (Å²) in [5, 5.41) is 10.9. The molecule has 0 radical (unpaired) electrons. The Kier molecular flexibility index (Phi) is 11.8. The van der Waals surface area contributed by atoms with Gasteiger partial charge in [-0.15, -0.1) is 0 Å². The van der Waals surface area contributed by atoms with Crippen LogP contribution >= 0.6 is 0 Å². The molecular weight excluding hydrogens is 791 g/mol. The molecule has 8 rings (SSSR count). The molecule has 15 nitrogen and oxygen atoms in total. The first kappa shape index (κ1) is 42.5. The molecule has 2 aromatic carbocycles. The molecule has 2 fully saturated rings. The Bertz CT molecular complexity index is 2630. The highest BCUT2D eigenvalue weighted by molar-refractivity contribution is 6.16. The lowest BCUT2D eigenvalue weighted by atomic mass is 9.88. The van der Waals surface area contributed by atoms with E-state index < -0.39 is 24.4 Å². The number of aromatic nitrogens is 4. The topological polar surface area (TPSA) is 211 Å². The number of hydrogen-bond acceptors (Lipinski definition) is 10. The van der Waals surface area contributed by atoms with Crippen molar-refractivity contribution in [2.24, 2.45) is 28.7 Å². The Balaban J connectivity index is 0.941. The fourth-order valence-electron chi connectivity index (χ4n) is 9.36. The monoisotopic (exact) mass is 843 g/mol. The van der Waals surface area contributed by atoms with E-state index in [1.165, 1.54) is 7.11 Å². The number of benzene rings is 2. The number of hydrogen-bond donors (Lipinski definition) is 4. The van der Waals surface area contributed by atoms with E-state index in [-0.39, 0.29) is 65.9 Å². The molecule has 62 heavy (non-hydrogen) atoms. The van der Waals surface area contributed by atoms with Crippen molar-refractivity contribution in [3.8, 4) is 0 Å². The van der Waals surface area contributed by atoms with Crippen molar-refractivity contribution in [3.63, 3.8) is 0 Å². The van der Waals surface area contributed by atoms with Gasteiger partial charge < -0.3 is 34.6 Å². The number of carbonyl (C=O) groups excluding carboxylic acids is 6. The number of amides is 2. The number of ketones is 3. The number of aromatic amines is 3. The summed E-state index contributed by atoms with van der Waals surface area (Å²) >= 11 is 0. The van der Waals surface area contributed by atoms with Gasteiger partial charge in [-0.2, -0.15) is 0 Å². The van der Waals surface area contributed by atoms with Crippen LogP contribution in [0.1, 0.15) is 111 Å². The third-order valence-electron chi connectivity index (χ3n) is 12.9. The molecule has 5 aromatic rings. The second-order valence-electron chi connectivity index (χ2n) is 17.6. The van der Waals surface area contributed by atoms with Gasteiger partial charge in [0, 0.05) is 76.7 Å². The van der Waals surface area contributed by atoms with Gasteiger partial charge in [-0.1, -0.05) is 27.7 Å². The molecule has 3 aliphatic heterocycles. The second kappa shape index (κ2) is 17.3. The van der Waals surface area contributed by atoms with E-state index in [1.54, 1.807) is 41.4 Å². The van der Waals surface area contributed by atoms with Crippen molar-refractivity contribution < 1.29 is 38.6 Å². The van der Waals surface area contributed by atoms with Crippen LogP contribution in [0.25, 0.3) is 32.8 Å². The number of rotatable bonds is 15. The van der Waals surface area contributed by atoms with E-state index in [9.17, 15) is 33.9 Å². The number of H-pyrrole nitrogens is 3. The third kappa shape index (κ3) is 8.13. The zero-order chi connectivity index (χ0) is 44.0. The minimum Gasteiger partial charge on any atom is -0.469 e. The quantitative estimate of drug-likeness (QED) is 0.0679. The lowest BCUT2D eigenvalue weighted by Gasteiger charge is -2.30. The molecule has 3 aliphatic rings. The summed E-state index contributed by atoms with van der Waals surface area (Å²) in [4.78, 5) is 102. The SMILES string of the molecule is COC(=O)CC(C(=O)N1CCCC1c1nc2ccc(C(=O)c3cc4cc5cc(C(=O)C6=CN=C(C7CCCN7C(=O)C(CC(=O)CO)C(C)C)C6)[nH]c5cc4[nH]3)cc2[nH]1)C(C)C. The van der Waals surface area contributed by atoms with Gasteiger partial charge in [0.15, 0.2) is 5.78 Å². The summed E-state index contributed by atoms with van der Waals surface area (Å²) in [5.74, 6) is -1.88. The maximum atomic E-state index is 13.9. The maximum Gasteiger partial charge on any atom is 0.306 e. The van der Waals surface area contributed by atoms with Gasteiger partial charge >= 0.3 is 5.97 Å². The van der Waals surface area contributed by atoms with E-state index in [4.69, 9.17) is 9.72 Å². The zero-order valence-corrected chi connectivity index (χ0v) is 35.7. The van der Waals surface area contributed by atoms with Crippen molar-refractivity contribution in [2.75, 3.05) is 26.8 Å². The molecule has 2 saturated heterocycles. The summed E-state index contributed by atoms with van der Waals surface area (Å²) < 4.78 is 4.86. The van der Waals surface area contributed by atoms with Crippen molar-refractivity contribution in [1.82, 2.24) is 29.7 Å². The predicted octanol–water partition coefficient (Wildman–Crippen LogP) is 6.38. The summed E-state index contributed by atoms with van der Waals surface area (Å²) in [6, 6.07) is 12.2. The number of ether oxygens (including phenoxy) is 1. The largest absolute Gasteiger partial charge is 0.469 e. The van der Waals surface area contributed by atoms with Crippen LogP contribution in [0, 0.1) is 23.7 Å². The van der Waals surface area contributed by atoms with Crippen LogP contribution < -0.4 is 0 Å². The Labute approximate surface area is 358 Å². The smallest absolute Gasteiger partial charge is 0.306 e. The van der Waals surface area contributed by atoms with Gasteiger partial charge in [0.2, 0.25) is 23.4 Å². The fourth-order valence-corrected chi connectivity index (χ4v) is 9.36. The average molecular weight is 844 g/mol. The molecule has 0 aliphatic carbocycles. The summed E-state index contributed by atoms with van der Waals surface area (Å²) in [6.07, 6.45) is 4.98. The average Bonchev–Trinajstić information content (AvgIpc) is 4.12. The minimum absolute atomic E-state index is 0.00526. The Morgan fingerprint density at radius 1 is 0.758 bits per heavy atom. The maximum absolute atomic E-state index is 13.9. The predicted molar refractivity (Wildman–Crippen MR) is 233 cm³/mol. The van der Waals surface area contributed by atoms with E-state index >= 15 is 0 Å². The number of esters is 1. The number of aliphatic imine (C=N–C) groups is 1.